The lowest BCUT2D eigenvalue weighted by atomic mass is 10.0. The van der Waals surface area contributed by atoms with Gasteiger partial charge in [-0.15, -0.1) is 0 Å². The molecule has 3 rings (SSSR count). The summed E-state index contributed by atoms with van der Waals surface area (Å²) in [7, 11) is 0. The number of para-hydroxylation sites is 1. The summed E-state index contributed by atoms with van der Waals surface area (Å²) in [5.41, 5.74) is 8.50. The topological polar surface area (TPSA) is 204 Å². The Morgan fingerprint density at radius 3 is 2.07 bits per heavy atom. The number of hydrogen-bond donors (Lipinski definition) is 8. The van der Waals surface area contributed by atoms with Gasteiger partial charge in [-0.3, -0.25) is 19.2 Å². The summed E-state index contributed by atoms with van der Waals surface area (Å²) in [4.78, 5) is 65.2. The van der Waals surface area contributed by atoms with Gasteiger partial charge < -0.3 is 36.9 Å². The van der Waals surface area contributed by atoms with Gasteiger partial charge in [-0.1, -0.05) is 48.5 Å². The first-order valence-electron chi connectivity index (χ1n) is 12.9. The van der Waals surface area contributed by atoms with Crippen LogP contribution in [0.2, 0.25) is 0 Å². The molecule has 1 aromatic heterocycles. The van der Waals surface area contributed by atoms with Crippen LogP contribution >= 0.6 is 12.6 Å². The predicted octanol–water partition coefficient (Wildman–Crippen LogP) is 0.614. The molecule has 3 amide bonds. The minimum absolute atomic E-state index is 0.0109. The average Bonchev–Trinajstić information content (AvgIpc) is 3.36. The number of carbonyl (C=O) groups is 5. The molecule has 41 heavy (non-hydrogen) atoms. The molecule has 3 aromatic rings. The lowest BCUT2D eigenvalue weighted by molar-refractivity contribution is -0.141. The van der Waals surface area contributed by atoms with Crippen LogP contribution in [0.1, 0.15) is 24.0 Å². The third-order valence-electron chi connectivity index (χ3n) is 6.44. The van der Waals surface area contributed by atoms with Crippen LogP contribution in [0.4, 0.5) is 0 Å². The first-order chi connectivity index (χ1) is 19.6. The van der Waals surface area contributed by atoms with Gasteiger partial charge in [0.25, 0.3) is 0 Å². The van der Waals surface area contributed by atoms with Crippen molar-refractivity contribution in [1.29, 1.82) is 0 Å². The summed E-state index contributed by atoms with van der Waals surface area (Å²) >= 11 is 3.95. The fourth-order valence-corrected chi connectivity index (χ4v) is 4.48. The van der Waals surface area contributed by atoms with Gasteiger partial charge in [-0.2, -0.15) is 12.6 Å². The molecular formula is C28H33N5O7S. The number of benzene rings is 2. The third-order valence-corrected chi connectivity index (χ3v) is 6.81. The molecule has 8 N–H and O–H groups in total. The number of thiol groups is 1. The zero-order valence-electron chi connectivity index (χ0n) is 22.1. The van der Waals surface area contributed by atoms with Crippen molar-refractivity contribution in [1.82, 2.24) is 20.9 Å². The number of H-pyrrole nitrogens is 1. The van der Waals surface area contributed by atoms with E-state index >= 15 is 0 Å². The summed E-state index contributed by atoms with van der Waals surface area (Å²) in [5, 5.41) is 26.8. The molecule has 0 fully saturated rings. The minimum Gasteiger partial charge on any atom is -0.481 e. The first-order valence-corrected chi connectivity index (χ1v) is 13.5. The van der Waals surface area contributed by atoms with Crippen molar-refractivity contribution in [3.63, 3.8) is 0 Å². The molecule has 0 saturated carbocycles. The quantitative estimate of drug-likeness (QED) is 0.119. The summed E-state index contributed by atoms with van der Waals surface area (Å²) in [5.74, 6) is -4.93. The molecule has 0 aliphatic rings. The van der Waals surface area contributed by atoms with Gasteiger partial charge in [-0.25, -0.2) is 4.79 Å². The Kier molecular flexibility index (Phi) is 11.3. The molecule has 218 valence electrons. The number of fused-ring (bicyclic) bond motifs is 1. The third kappa shape index (κ3) is 9.08. The Labute approximate surface area is 241 Å². The molecular weight excluding hydrogens is 550 g/mol. The smallest absolute Gasteiger partial charge is 0.327 e. The maximum absolute atomic E-state index is 13.3. The highest BCUT2D eigenvalue weighted by molar-refractivity contribution is 7.80. The van der Waals surface area contributed by atoms with Crippen LogP contribution in [-0.2, 0) is 36.8 Å². The first kappa shape index (κ1) is 31.2. The number of aromatic nitrogens is 1. The van der Waals surface area contributed by atoms with Crippen molar-refractivity contribution in [2.45, 2.75) is 49.9 Å². The zero-order chi connectivity index (χ0) is 29.9. The number of nitrogens with two attached hydrogens (primary N) is 1. The van der Waals surface area contributed by atoms with Crippen LogP contribution < -0.4 is 21.7 Å². The zero-order valence-corrected chi connectivity index (χ0v) is 23.0. The van der Waals surface area contributed by atoms with E-state index in [0.717, 1.165) is 16.5 Å². The summed E-state index contributed by atoms with van der Waals surface area (Å²) in [6.45, 7) is 0. The number of rotatable bonds is 15. The van der Waals surface area contributed by atoms with E-state index in [1.54, 1.807) is 36.5 Å². The second-order valence-corrected chi connectivity index (χ2v) is 9.86. The van der Waals surface area contributed by atoms with Gasteiger partial charge in [0.15, 0.2) is 0 Å². The van der Waals surface area contributed by atoms with Crippen LogP contribution in [0.15, 0.2) is 60.8 Å². The van der Waals surface area contributed by atoms with Crippen LogP contribution in [0.3, 0.4) is 0 Å². The highest BCUT2D eigenvalue weighted by Crippen LogP contribution is 2.19. The van der Waals surface area contributed by atoms with Crippen molar-refractivity contribution < 1.29 is 34.2 Å². The fraction of sp³-hybridized carbons (Fsp3) is 0.321. The van der Waals surface area contributed by atoms with E-state index in [0.29, 0.717) is 5.56 Å². The maximum Gasteiger partial charge on any atom is 0.327 e. The highest BCUT2D eigenvalue weighted by atomic mass is 32.1. The fourth-order valence-electron chi connectivity index (χ4n) is 4.23. The summed E-state index contributed by atoms with van der Waals surface area (Å²) in [6, 6.07) is 11.3. The highest BCUT2D eigenvalue weighted by Gasteiger charge is 2.30. The molecule has 0 aliphatic carbocycles. The number of carbonyl (C=O) groups excluding carboxylic acids is 3. The molecule has 0 aliphatic heterocycles. The lowest BCUT2D eigenvalue weighted by Crippen LogP contribution is -2.58. The second-order valence-electron chi connectivity index (χ2n) is 9.50. The monoisotopic (exact) mass is 583 g/mol. The molecule has 0 saturated heterocycles. The van der Waals surface area contributed by atoms with Gasteiger partial charge in [0, 0.05) is 35.7 Å². The van der Waals surface area contributed by atoms with E-state index in [1.807, 2.05) is 24.3 Å². The van der Waals surface area contributed by atoms with Gasteiger partial charge in [0.2, 0.25) is 17.7 Å². The summed E-state index contributed by atoms with van der Waals surface area (Å²) in [6.07, 6.45) is 1.21. The standard InChI is InChI=1S/C28H33N5O7S/c29-19(13-17-14-30-20-9-5-4-8-18(17)20)25(36)31-21(10-11-24(34)35)26(37)32-22(12-16-6-2-1-3-7-16)27(38)33-23(15-41)28(39)40/h1-9,14,19,21-23,30,41H,10-13,15,29H2,(H,31,36)(H,32,37)(H,33,38)(H,34,35)(H,39,40). The SMILES string of the molecule is NC(Cc1c[nH]c2ccccc12)C(=O)NC(CCC(=O)O)C(=O)NC(Cc1ccccc1)C(=O)NC(CS)C(=O)O. The average molecular weight is 584 g/mol. The lowest BCUT2D eigenvalue weighted by Gasteiger charge is -2.25. The number of aliphatic carboxylic acids is 2. The van der Waals surface area contributed by atoms with E-state index in [-0.39, 0.29) is 25.0 Å². The van der Waals surface area contributed by atoms with Gasteiger partial charge in [0.05, 0.1) is 6.04 Å². The number of aromatic amines is 1. The largest absolute Gasteiger partial charge is 0.481 e. The number of amides is 3. The molecule has 0 spiro atoms. The van der Waals surface area contributed by atoms with Crippen LogP contribution in [0, 0.1) is 0 Å². The Morgan fingerprint density at radius 1 is 0.805 bits per heavy atom. The van der Waals surface area contributed by atoms with Crippen molar-refractivity contribution in [3.8, 4) is 0 Å². The van der Waals surface area contributed by atoms with Crippen molar-refractivity contribution in [2.24, 2.45) is 5.73 Å². The van der Waals surface area contributed by atoms with E-state index < -0.39 is 60.2 Å². The van der Waals surface area contributed by atoms with E-state index in [2.05, 4.69) is 33.6 Å². The van der Waals surface area contributed by atoms with Crippen LogP contribution in [0.25, 0.3) is 10.9 Å². The van der Waals surface area contributed by atoms with Crippen molar-refractivity contribution in [2.75, 3.05) is 5.75 Å². The molecule has 4 atom stereocenters. The van der Waals surface area contributed by atoms with Crippen molar-refractivity contribution >= 4 is 53.2 Å². The van der Waals surface area contributed by atoms with E-state index in [4.69, 9.17) is 5.73 Å². The molecule has 2 aromatic carbocycles. The van der Waals surface area contributed by atoms with Gasteiger partial charge in [0.1, 0.15) is 18.1 Å². The van der Waals surface area contributed by atoms with Gasteiger partial charge in [-0.05, 0) is 30.0 Å². The maximum atomic E-state index is 13.3. The molecule has 1 heterocycles. The number of nitrogens with one attached hydrogen (secondary N) is 4. The van der Waals surface area contributed by atoms with Crippen LogP contribution in [0.5, 0.6) is 0 Å². The second kappa shape index (κ2) is 14.9. The number of carboxylic acid groups (broad SMARTS) is 2. The number of hydrogen-bond acceptors (Lipinski definition) is 7. The Hall–Kier alpha value is -4.36. The van der Waals surface area contributed by atoms with Crippen LogP contribution in [-0.4, -0.2) is 74.8 Å². The molecule has 0 bridgehead atoms. The van der Waals surface area contributed by atoms with Gasteiger partial charge >= 0.3 is 11.9 Å². The summed E-state index contributed by atoms with van der Waals surface area (Å²) < 4.78 is 0. The Bertz CT molecular complexity index is 1380. The van der Waals surface area contributed by atoms with Crippen molar-refractivity contribution in [3.05, 3.63) is 71.9 Å². The molecule has 4 unspecified atom stereocenters. The minimum atomic E-state index is -1.32. The molecule has 12 nitrogen and oxygen atoms in total. The Morgan fingerprint density at radius 2 is 1.41 bits per heavy atom. The van der Waals surface area contributed by atoms with E-state index in [9.17, 15) is 34.2 Å². The predicted molar refractivity (Wildman–Crippen MR) is 154 cm³/mol. The normalized spacial score (nSPS) is 13.9. The molecule has 13 heteroatoms. The molecule has 0 radical (unpaired) electrons. The van der Waals surface area contributed by atoms with E-state index in [1.165, 1.54) is 0 Å². The Balaban J connectivity index is 1.76. The number of carboxylic acids is 2.